The molecule has 3 unspecified atom stereocenters. The van der Waals surface area contributed by atoms with Gasteiger partial charge < -0.3 is 0 Å². The van der Waals surface area contributed by atoms with E-state index < -0.39 is 0 Å². The van der Waals surface area contributed by atoms with E-state index in [4.69, 9.17) is 5.84 Å². The van der Waals surface area contributed by atoms with Crippen molar-refractivity contribution in [2.24, 2.45) is 17.2 Å². The highest BCUT2D eigenvalue weighted by molar-refractivity contribution is 5.27. The van der Waals surface area contributed by atoms with E-state index in [2.05, 4.69) is 42.7 Å². The average Bonchev–Trinajstić information content (AvgIpc) is 3.09. The molecule has 0 amide bonds. The molecule has 0 heterocycles. The Morgan fingerprint density at radius 3 is 2.53 bits per heavy atom. The number of benzene rings is 1. The van der Waals surface area contributed by atoms with Gasteiger partial charge in [-0.1, -0.05) is 50.1 Å². The summed E-state index contributed by atoms with van der Waals surface area (Å²) in [7, 11) is 0. The van der Waals surface area contributed by atoms with Crippen LogP contribution in [0.15, 0.2) is 30.3 Å². The molecule has 0 aliphatic heterocycles. The first-order chi connectivity index (χ1) is 9.30. The van der Waals surface area contributed by atoms with Crippen molar-refractivity contribution in [3.8, 4) is 0 Å². The van der Waals surface area contributed by atoms with Gasteiger partial charge in [0.1, 0.15) is 0 Å². The van der Waals surface area contributed by atoms with Crippen molar-refractivity contribution in [3.05, 3.63) is 35.9 Å². The summed E-state index contributed by atoms with van der Waals surface area (Å²) in [5.41, 5.74) is 5.16. The van der Waals surface area contributed by atoms with Gasteiger partial charge in [-0.05, 0) is 48.5 Å². The molecule has 2 aliphatic carbocycles. The van der Waals surface area contributed by atoms with E-state index in [0.29, 0.717) is 11.5 Å². The number of hydrogen-bond donors (Lipinski definition) is 2. The van der Waals surface area contributed by atoms with Crippen LogP contribution in [0, 0.1) is 11.3 Å². The Balaban J connectivity index is 1.75. The van der Waals surface area contributed by atoms with E-state index in [-0.39, 0.29) is 0 Å². The zero-order valence-electron chi connectivity index (χ0n) is 11.9. The summed E-state index contributed by atoms with van der Waals surface area (Å²) in [6.45, 7) is 2.34. The summed E-state index contributed by atoms with van der Waals surface area (Å²) in [6, 6.07) is 11.5. The zero-order valence-corrected chi connectivity index (χ0v) is 11.9. The lowest BCUT2D eigenvalue weighted by Crippen LogP contribution is -2.49. The van der Waals surface area contributed by atoms with Crippen LogP contribution < -0.4 is 11.3 Å². The Morgan fingerprint density at radius 2 is 1.95 bits per heavy atom. The third-order valence-corrected chi connectivity index (χ3v) is 5.64. The molecule has 0 radical (unpaired) electrons. The molecule has 1 aromatic carbocycles. The fourth-order valence-corrected chi connectivity index (χ4v) is 4.38. The molecular weight excluding hydrogens is 232 g/mol. The van der Waals surface area contributed by atoms with E-state index in [1.807, 2.05) is 0 Å². The first kappa shape index (κ1) is 13.1. The summed E-state index contributed by atoms with van der Waals surface area (Å²) in [5, 5.41) is 0. The van der Waals surface area contributed by atoms with Gasteiger partial charge in [0.05, 0.1) is 0 Å². The SMILES string of the molecule is CCC1(C(NN)C2CC2c2ccccc2)CCCC1. The molecule has 2 fully saturated rings. The van der Waals surface area contributed by atoms with Gasteiger partial charge in [-0.3, -0.25) is 11.3 Å². The second-order valence-electron chi connectivity index (χ2n) is 6.48. The molecule has 2 heteroatoms. The van der Waals surface area contributed by atoms with Crippen LogP contribution in [0.2, 0.25) is 0 Å². The largest absolute Gasteiger partial charge is 0.271 e. The lowest BCUT2D eigenvalue weighted by molar-refractivity contribution is 0.165. The van der Waals surface area contributed by atoms with Crippen LogP contribution in [-0.4, -0.2) is 6.04 Å². The van der Waals surface area contributed by atoms with Crippen molar-refractivity contribution in [2.45, 2.75) is 57.4 Å². The second-order valence-corrected chi connectivity index (χ2v) is 6.48. The number of rotatable bonds is 5. The fourth-order valence-electron chi connectivity index (χ4n) is 4.38. The van der Waals surface area contributed by atoms with Crippen molar-refractivity contribution < 1.29 is 0 Å². The van der Waals surface area contributed by atoms with Gasteiger partial charge in [-0.2, -0.15) is 0 Å². The molecule has 0 spiro atoms. The standard InChI is InChI=1S/C17H26N2/c1-2-17(10-6-7-11-17)16(19-18)15-12-14(15)13-8-4-3-5-9-13/h3-5,8-9,14-16,19H,2,6-7,10-12,18H2,1H3. The maximum Gasteiger partial charge on any atom is 0.0301 e. The number of hydrazine groups is 1. The predicted molar refractivity (Wildman–Crippen MR) is 79.6 cm³/mol. The third-order valence-electron chi connectivity index (χ3n) is 5.64. The van der Waals surface area contributed by atoms with Crippen LogP contribution >= 0.6 is 0 Å². The minimum absolute atomic E-state index is 0.461. The molecule has 104 valence electrons. The van der Waals surface area contributed by atoms with Crippen molar-refractivity contribution in [1.82, 2.24) is 5.43 Å². The van der Waals surface area contributed by atoms with E-state index in [1.54, 1.807) is 0 Å². The van der Waals surface area contributed by atoms with Crippen molar-refractivity contribution in [2.75, 3.05) is 0 Å². The van der Waals surface area contributed by atoms with Gasteiger partial charge in [-0.25, -0.2) is 0 Å². The third kappa shape index (κ3) is 2.32. The maximum atomic E-state index is 5.94. The van der Waals surface area contributed by atoms with Crippen LogP contribution in [0.5, 0.6) is 0 Å². The molecular formula is C17H26N2. The molecule has 3 atom stereocenters. The van der Waals surface area contributed by atoms with E-state index >= 15 is 0 Å². The van der Waals surface area contributed by atoms with Gasteiger partial charge in [-0.15, -0.1) is 0 Å². The van der Waals surface area contributed by atoms with Gasteiger partial charge in [0.2, 0.25) is 0 Å². The summed E-state index contributed by atoms with van der Waals surface area (Å²) in [6.07, 6.45) is 8.05. The smallest absolute Gasteiger partial charge is 0.0301 e. The molecule has 0 aromatic heterocycles. The van der Waals surface area contributed by atoms with Crippen LogP contribution in [0.25, 0.3) is 0 Å². The Morgan fingerprint density at radius 1 is 1.26 bits per heavy atom. The summed E-state index contributed by atoms with van der Waals surface area (Å²) >= 11 is 0. The minimum Gasteiger partial charge on any atom is -0.271 e. The highest BCUT2D eigenvalue weighted by atomic mass is 15.2. The van der Waals surface area contributed by atoms with E-state index in [1.165, 1.54) is 44.1 Å². The van der Waals surface area contributed by atoms with Gasteiger partial charge in [0, 0.05) is 6.04 Å². The molecule has 0 saturated heterocycles. The van der Waals surface area contributed by atoms with Gasteiger partial charge in [0.15, 0.2) is 0 Å². The lowest BCUT2D eigenvalue weighted by atomic mass is 9.74. The van der Waals surface area contributed by atoms with Crippen LogP contribution in [0.1, 0.15) is 56.9 Å². The molecule has 2 nitrogen and oxygen atoms in total. The molecule has 3 rings (SSSR count). The predicted octanol–water partition coefficient (Wildman–Crippen LogP) is 3.59. The summed E-state index contributed by atoms with van der Waals surface area (Å²) in [4.78, 5) is 0. The maximum absolute atomic E-state index is 5.94. The second kappa shape index (κ2) is 5.26. The first-order valence-corrected chi connectivity index (χ1v) is 7.82. The monoisotopic (exact) mass is 258 g/mol. The van der Waals surface area contributed by atoms with Crippen molar-refractivity contribution >= 4 is 0 Å². The average molecular weight is 258 g/mol. The van der Waals surface area contributed by atoms with Gasteiger partial charge in [0.25, 0.3) is 0 Å². The molecule has 2 saturated carbocycles. The number of nitrogens with two attached hydrogens (primary N) is 1. The zero-order chi connectivity index (χ0) is 13.3. The van der Waals surface area contributed by atoms with Crippen LogP contribution in [0.3, 0.4) is 0 Å². The van der Waals surface area contributed by atoms with E-state index in [0.717, 1.165) is 11.8 Å². The molecule has 1 aromatic rings. The molecule has 3 N–H and O–H groups in total. The van der Waals surface area contributed by atoms with Crippen LogP contribution in [0.4, 0.5) is 0 Å². The van der Waals surface area contributed by atoms with Crippen molar-refractivity contribution in [3.63, 3.8) is 0 Å². The summed E-state index contributed by atoms with van der Waals surface area (Å²) < 4.78 is 0. The Labute approximate surface area is 116 Å². The molecule has 2 aliphatic rings. The fraction of sp³-hybridized carbons (Fsp3) is 0.647. The lowest BCUT2D eigenvalue weighted by Gasteiger charge is -2.37. The topological polar surface area (TPSA) is 38.0 Å². The Bertz CT molecular complexity index is 409. The number of hydrogen-bond acceptors (Lipinski definition) is 2. The Kier molecular flexibility index (Phi) is 3.64. The highest BCUT2D eigenvalue weighted by Crippen LogP contribution is 2.57. The highest BCUT2D eigenvalue weighted by Gasteiger charge is 2.52. The van der Waals surface area contributed by atoms with Crippen LogP contribution in [-0.2, 0) is 0 Å². The van der Waals surface area contributed by atoms with E-state index in [9.17, 15) is 0 Å². The normalized spacial score (nSPS) is 30.2. The molecule has 0 bridgehead atoms. The number of nitrogens with one attached hydrogen (secondary N) is 1. The quantitative estimate of drug-likeness (QED) is 0.625. The molecule has 19 heavy (non-hydrogen) atoms. The van der Waals surface area contributed by atoms with Gasteiger partial charge >= 0.3 is 0 Å². The first-order valence-electron chi connectivity index (χ1n) is 7.82. The minimum atomic E-state index is 0.461. The summed E-state index contributed by atoms with van der Waals surface area (Å²) in [5.74, 6) is 7.41. The van der Waals surface area contributed by atoms with Crippen molar-refractivity contribution in [1.29, 1.82) is 0 Å². The Hall–Kier alpha value is -0.860.